The third-order valence-electron chi connectivity index (χ3n) is 2.96. The van der Waals surface area contributed by atoms with E-state index in [1.165, 1.54) is 6.07 Å². The monoisotopic (exact) mass is 335 g/mol. The maximum Gasteiger partial charge on any atom is 0.141 e. The molecule has 18 heavy (non-hydrogen) atoms. The lowest BCUT2D eigenvalue weighted by molar-refractivity contribution is -0.0678. The molecule has 1 fully saturated rings. The first-order chi connectivity index (χ1) is 8.58. The van der Waals surface area contributed by atoms with Crippen molar-refractivity contribution in [2.75, 3.05) is 18.4 Å². The van der Waals surface area contributed by atoms with Crippen LogP contribution in [0.25, 0.3) is 0 Å². The highest BCUT2D eigenvalue weighted by Gasteiger charge is 2.24. The van der Waals surface area contributed by atoms with Gasteiger partial charge in [0.05, 0.1) is 17.2 Å². The first-order valence-electron chi connectivity index (χ1n) is 5.96. The molecule has 1 aliphatic heterocycles. The fraction of sp³-hybridized carbons (Fsp3) is 0.538. The van der Waals surface area contributed by atoms with E-state index < -0.39 is 0 Å². The van der Waals surface area contributed by atoms with Crippen LogP contribution in [-0.2, 0) is 11.3 Å². The third kappa shape index (κ3) is 3.67. The van der Waals surface area contributed by atoms with Gasteiger partial charge in [-0.05, 0) is 24.6 Å². The molecule has 1 aliphatic rings. The van der Waals surface area contributed by atoms with E-state index in [1.807, 2.05) is 0 Å². The Morgan fingerprint density at radius 2 is 2.28 bits per heavy atom. The van der Waals surface area contributed by atoms with Gasteiger partial charge < -0.3 is 4.74 Å². The molecule has 0 radical (unpaired) electrons. The second-order valence-electron chi connectivity index (χ2n) is 4.67. The molecule has 1 saturated heterocycles. The fourth-order valence-electron chi connectivity index (χ4n) is 2.25. The molecule has 0 aliphatic carbocycles. The molecule has 2 nitrogen and oxygen atoms in total. The first kappa shape index (κ1) is 14.3. The second kappa shape index (κ2) is 6.33. The van der Waals surface area contributed by atoms with Gasteiger partial charge in [0.25, 0.3) is 0 Å². The van der Waals surface area contributed by atoms with Crippen LogP contribution >= 0.6 is 27.5 Å². The zero-order chi connectivity index (χ0) is 13.1. The molecule has 1 aromatic rings. The predicted octanol–water partition coefficient (Wildman–Crippen LogP) is 3.46. The van der Waals surface area contributed by atoms with Crippen LogP contribution in [0.2, 0.25) is 5.02 Å². The minimum atomic E-state index is -0.367. The molecular weight excluding hydrogens is 321 g/mol. The van der Waals surface area contributed by atoms with Crippen LogP contribution in [0, 0.1) is 5.82 Å². The maximum atomic E-state index is 13.1. The second-order valence-corrected chi connectivity index (χ2v) is 5.72. The van der Waals surface area contributed by atoms with Gasteiger partial charge in [-0.25, -0.2) is 4.39 Å². The van der Waals surface area contributed by atoms with E-state index in [2.05, 4.69) is 27.8 Å². The van der Waals surface area contributed by atoms with Crippen LogP contribution in [0.4, 0.5) is 4.39 Å². The van der Waals surface area contributed by atoms with Gasteiger partial charge in [-0.1, -0.05) is 33.6 Å². The van der Waals surface area contributed by atoms with Gasteiger partial charge in [-0.15, -0.1) is 0 Å². The van der Waals surface area contributed by atoms with Crippen molar-refractivity contribution in [1.29, 1.82) is 0 Å². The molecule has 0 bridgehead atoms. The Bertz CT molecular complexity index is 418. The Hall–Kier alpha value is -0.160. The summed E-state index contributed by atoms with van der Waals surface area (Å²) in [6.45, 7) is 4.61. The number of hydrogen-bond acceptors (Lipinski definition) is 2. The molecule has 2 atom stereocenters. The SMILES string of the molecule is CC1CN(Cc2ccc(F)c(Cl)c2)CC(CBr)O1. The van der Waals surface area contributed by atoms with E-state index in [1.54, 1.807) is 12.1 Å². The van der Waals surface area contributed by atoms with Crippen molar-refractivity contribution in [2.45, 2.75) is 25.7 Å². The van der Waals surface area contributed by atoms with Crippen molar-refractivity contribution in [1.82, 2.24) is 4.90 Å². The van der Waals surface area contributed by atoms with Gasteiger partial charge in [0.2, 0.25) is 0 Å². The zero-order valence-electron chi connectivity index (χ0n) is 10.2. The van der Waals surface area contributed by atoms with E-state index >= 15 is 0 Å². The van der Waals surface area contributed by atoms with E-state index in [4.69, 9.17) is 16.3 Å². The highest BCUT2D eigenvalue weighted by molar-refractivity contribution is 9.09. The third-order valence-corrected chi connectivity index (χ3v) is 3.98. The summed E-state index contributed by atoms with van der Waals surface area (Å²) < 4.78 is 18.9. The molecule has 0 amide bonds. The van der Waals surface area contributed by atoms with Crippen molar-refractivity contribution in [3.63, 3.8) is 0 Å². The molecule has 0 saturated carbocycles. The molecule has 1 heterocycles. The number of hydrogen-bond donors (Lipinski definition) is 0. The lowest BCUT2D eigenvalue weighted by Crippen LogP contribution is -2.46. The van der Waals surface area contributed by atoms with Crippen LogP contribution < -0.4 is 0 Å². The van der Waals surface area contributed by atoms with Gasteiger partial charge >= 0.3 is 0 Å². The number of nitrogens with zero attached hydrogens (tertiary/aromatic N) is 1. The molecular formula is C13H16BrClFNO. The maximum absolute atomic E-state index is 13.1. The minimum Gasteiger partial charge on any atom is -0.372 e. The number of benzene rings is 1. The summed E-state index contributed by atoms with van der Waals surface area (Å²) in [6, 6.07) is 4.90. The molecule has 2 unspecified atom stereocenters. The van der Waals surface area contributed by atoms with E-state index in [0.717, 1.165) is 30.5 Å². The topological polar surface area (TPSA) is 12.5 Å². The standard InChI is InChI=1S/C13H16BrClFNO/c1-9-6-17(8-11(5-14)18-9)7-10-2-3-13(16)12(15)4-10/h2-4,9,11H,5-8H2,1H3. The lowest BCUT2D eigenvalue weighted by atomic mass is 10.1. The van der Waals surface area contributed by atoms with Crippen LogP contribution in [-0.4, -0.2) is 35.5 Å². The van der Waals surface area contributed by atoms with Crippen LogP contribution in [0.15, 0.2) is 18.2 Å². The van der Waals surface area contributed by atoms with Crippen molar-refractivity contribution >= 4 is 27.5 Å². The van der Waals surface area contributed by atoms with E-state index in [-0.39, 0.29) is 23.0 Å². The summed E-state index contributed by atoms with van der Waals surface area (Å²) in [5.74, 6) is -0.367. The van der Waals surface area contributed by atoms with E-state index in [9.17, 15) is 4.39 Å². The summed E-state index contributed by atoms with van der Waals surface area (Å²) in [6.07, 6.45) is 0.432. The quantitative estimate of drug-likeness (QED) is 0.784. The summed E-state index contributed by atoms with van der Waals surface area (Å²) in [5.41, 5.74) is 1.03. The van der Waals surface area contributed by atoms with Gasteiger partial charge in [0, 0.05) is 25.0 Å². The van der Waals surface area contributed by atoms with Crippen molar-refractivity contribution in [2.24, 2.45) is 0 Å². The average Bonchev–Trinajstić information content (AvgIpc) is 2.33. The number of alkyl halides is 1. The number of halogens is 3. The summed E-state index contributed by atoms with van der Waals surface area (Å²) in [5, 5.41) is 1.02. The number of ether oxygens (including phenoxy) is 1. The lowest BCUT2D eigenvalue weighted by Gasteiger charge is -2.36. The molecule has 1 aromatic carbocycles. The van der Waals surface area contributed by atoms with Gasteiger partial charge in [-0.3, -0.25) is 4.90 Å². The van der Waals surface area contributed by atoms with Gasteiger partial charge in [0.15, 0.2) is 0 Å². The summed E-state index contributed by atoms with van der Waals surface area (Å²) in [4.78, 5) is 2.31. The van der Waals surface area contributed by atoms with Crippen LogP contribution in [0.1, 0.15) is 12.5 Å². The fourth-order valence-corrected chi connectivity index (χ4v) is 2.81. The van der Waals surface area contributed by atoms with Crippen molar-refractivity contribution < 1.29 is 9.13 Å². The molecule has 0 aromatic heterocycles. The van der Waals surface area contributed by atoms with Crippen molar-refractivity contribution in [3.05, 3.63) is 34.6 Å². The molecule has 2 rings (SSSR count). The van der Waals surface area contributed by atoms with Crippen LogP contribution in [0.3, 0.4) is 0 Å². The minimum absolute atomic E-state index is 0.186. The Morgan fingerprint density at radius 3 is 2.94 bits per heavy atom. The Labute approximate surface area is 120 Å². The molecule has 0 N–H and O–H groups in total. The Morgan fingerprint density at radius 1 is 1.50 bits per heavy atom. The number of morpholine rings is 1. The van der Waals surface area contributed by atoms with Gasteiger partial charge in [0.1, 0.15) is 5.82 Å². The smallest absolute Gasteiger partial charge is 0.141 e. The average molecular weight is 337 g/mol. The highest BCUT2D eigenvalue weighted by Crippen LogP contribution is 2.19. The van der Waals surface area contributed by atoms with Crippen LogP contribution in [0.5, 0.6) is 0 Å². The normalized spacial score (nSPS) is 25.3. The zero-order valence-corrected chi connectivity index (χ0v) is 12.5. The Kier molecular flexibility index (Phi) is 5.01. The highest BCUT2D eigenvalue weighted by atomic mass is 79.9. The summed E-state index contributed by atoms with van der Waals surface area (Å²) in [7, 11) is 0. The first-order valence-corrected chi connectivity index (χ1v) is 7.46. The Balaban J connectivity index is 2.01. The molecule has 100 valence electrons. The van der Waals surface area contributed by atoms with Gasteiger partial charge in [-0.2, -0.15) is 0 Å². The predicted molar refractivity (Wildman–Crippen MR) is 74.8 cm³/mol. The summed E-state index contributed by atoms with van der Waals surface area (Å²) >= 11 is 9.24. The number of rotatable bonds is 3. The van der Waals surface area contributed by atoms with E-state index in [0.29, 0.717) is 0 Å². The largest absolute Gasteiger partial charge is 0.372 e. The van der Waals surface area contributed by atoms with Crippen molar-refractivity contribution in [3.8, 4) is 0 Å². The molecule has 0 spiro atoms. The molecule has 5 heteroatoms.